The molecular weight excluding hydrogens is 317 g/mol. The fraction of sp³-hybridized carbons (Fsp3) is 0.647. The molecular formula is C17H25BrFN. The molecule has 1 aromatic rings. The lowest BCUT2D eigenvalue weighted by molar-refractivity contribution is 0.217. The van der Waals surface area contributed by atoms with Crippen molar-refractivity contribution in [3.63, 3.8) is 0 Å². The van der Waals surface area contributed by atoms with Crippen molar-refractivity contribution in [2.24, 2.45) is 11.8 Å². The first-order valence-electron chi connectivity index (χ1n) is 7.84. The van der Waals surface area contributed by atoms with Crippen LogP contribution in [0.1, 0.15) is 57.6 Å². The summed E-state index contributed by atoms with van der Waals surface area (Å²) in [6, 6.07) is 5.79. The zero-order valence-corrected chi connectivity index (χ0v) is 14.0. The molecule has 1 nitrogen and oxygen atoms in total. The van der Waals surface area contributed by atoms with Gasteiger partial charge in [-0.1, -0.05) is 45.2 Å². The van der Waals surface area contributed by atoms with Gasteiger partial charge < -0.3 is 5.32 Å². The molecule has 1 fully saturated rings. The van der Waals surface area contributed by atoms with Gasteiger partial charge in [0.1, 0.15) is 5.82 Å². The van der Waals surface area contributed by atoms with Crippen LogP contribution in [-0.2, 0) is 0 Å². The summed E-state index contributed by atoms with van der Waals surface area (Å²) in [4.78, 5) is 0. The van der Waals surface area contributed by atoms with E-state index in [-0.39, 0.29) is 11.9 Å². The van der Waals surface area contributed by atoms with Crippen LogP contribution < -0.4 is 5.32 Å². The highest BCUT2D eigenvalue weighted by atomic mass is 79.9. The smallest absolute Gasteiger partial charge is 0.142 e. The van der Waals surface area contributed by atoms with E-state index in [1.165, 1.54) is 32.1 Å². The Hall–Kier alpha value is -0.410. The molecule has 0 aromatic heterocycles. The second-order valence-corrected chi connectivity index (χ2v) is 6.72. The van der Waals surface area contributed by atoms with Gasteiger partial charge in [-0.3, -0.25) is 0 Å². The minimum absolute atomic E-state index is 0.101. The standard InChI is InChI=1S/C17H25BrFN/c1-3-12-8-10-13(11-9-12)17(20-4-2)14-6-5-7-15(18)16(14)19/h5-7,12-13,17,20H,3-4,8-11H2,1-2H3. The molecule has 0 radical (unpaired) electrons. The van der Waals surface area contributed by atoms with E-state index in [9.17, 15) is 4.39 Å². The maximum Gasteiger partial charge on any atom is 0.142 e. The minimum Gasteiger partial charge on any atom is -0.310 e. The zero-order chi connectivity index (χ0) is 14.5. The predicted molar refractivity (Wildman–Crippen MR) is 86.3 cm³/mol. The maximum atomic E-state index is 14.4. The summed E-state index contributed by atoms with van der Waals surface area (Å²) in [5.41, 5.74) is 0.821. The first-order valence-corrected chi connectivity index (χ1v) is 8.63. The molecule has 0 saturated heterocycles. The average molecular weight is 342 g/mol. The topological polar surface area (TPSA) is 12.0 Å². The lowest BCUT2D eigenvalue weighted by Crippen LogP contribution is -2.31. The Morgan fingerprint density at radius 3 is 2.55 bits per heavy atom. The minimum atomic E-state index is -0.101. The van der Waals surface area contributed by atoms with Crippen molar-refractivity contribution in [1.29, 1.82) is 0 Å². The molecule has 1 atom stereocenters. The van der Waals surface area contributed by atoms with E-state index in [0.717, 1.165) is 18.0 Å². The van der Waals surface area contributed by atoms with Crippen LogP contribution >= 0.6 is 15.9 Å². The summed E-state index contributed by atoms with van der Waals surface area (Å²) in [5.74, 6) is 1.33. The molecule has 0 heterocycles. The number of rotatable bonds is 5. The number of hydrogen-bond donors (Lipinski definition) is 1. The molecule has 1 saturated carbocycles. The molecule has 0 spiro atoms. The van der Waals surface area contributed by atoms with Gasteiger partial charge in [-0.05, 0) is 53.2 Å². The highest BCUT2D eigenvalue weighted by Crippen LogP contribution is 2.39. The molecule has 0 bridgehead atoms. The Balaban J connectivity index is 2.17. The van der Waals surface area contributed by atoms with Gasteiger partial charge in [0.05, 0.1) is 4.47 Å². The normalized spacial score (nSPS) is 24.6. The van der Waals surface area contributed by atoms with E-state index >= 15 is 0 Å². The lowest BCUT2D eigenvalue weighted by atomic mass is 9.76. The van der Waals surface area contributed by atoms with Gasteiger partial charge in [0.25, 0.3) is 0 Å². The fourth-order valence-corrected chi connectivity index (χ4v) is 3.82. The van der Waals surface area contributed by atoms with Crippen LogP contribution in [0.5, 0.6) is 0 Å². The van der Waals surface area contributed by atoms with E-state index in [1.54, 1.807) is 6.07 Å². The maximum absolute atomic E-state index is 14.4. The molecule has 1 aliphatic rings. The van der Waals surface area contributed by atoms with Crippen molar-refractivity contribution in [1.82, 2.24) is 5.32 Å². The Morgan fingerprint density at radius 2 is 1.95 bits per heavy atom. The average Bonchev–Trinajstić information content (AvgIpc) is 2.48. The Labute approximate surface area is 130 Å². The van der Waals surface area contributed by atoms with Crippen LogP contribution in [0.2, 0.25) is 0 Å². The van der Waals surface area contributed by atoms with Crippen LogP contribution in [0.15, 0.2) is 22.7 Å². The molecule has 112 valence electrons. The largest absolute Gasteiger partial charge is 0.310 e. The predicted octanol–water partition coefficient (Wildman–Crippen LogP) is 5.46. The summed E-state index contributed by atoms with van der Waals surface area (Å²) in [5, 5.41) is 3.51. The van der Waals surface area contributed by atoms with Crippen molar-refractivity contribution in [2.75, 3.05) is 6.54 Å². The van der Waals surface area contributed by atoms with E-state index in [1.807, 2.05) is 12.1 Å². The quantitative estimate of drug-likeness (QED) is 0.750. The fourth-order valence-electron chi connectivity index (χ4n) is 3.44. The van der Waals surface area contributed by atoms with E-state index < -0.39 is 0 Å². The highest BCUT2D eigenvalue weighted by Gasteiger charge is 2.29. The van der Waals surface area contributed by atoms with Gasteiger partial charge in [0.2, 0.25) is 0 Å². The van der Waals surface area contributed by atoms with Crippen molar-refractivity contribution in [3.8, 4) is 0 Å². The van der Waals surface area contributed by atoms with Crippen LogP contribution in [0.3, 0.4) is 0 Å². The van der Waals surface area contributed by atoms with Crippen LogP contribution in [0.25, 0.3) is 0 Å². The monoisotopic (exact) mass is 341 g/mol. The third kappa shape index (κ3) is 3.62. The number of halogens is 2. The van der Waals surface area contributed by atoms with Gasteiger partial charge in [-0.25, -0.2) is 4.39 Å². The molecule has 2 rings (SSSR count). The van der Waals surface area contributed by atoms with Gasteiger partial charge in [-0.15, -0.1) is 0 Å². The summed E-state index contributed by atoms with van der Waals surface area (Å²) >= 11 is 3.31. The van der Waals surface area contributed by atoms with Gasteiger partial charge in [0.15, 0.2) is 0 Å². The van der Waals surface area contributed by atoms with Crippen molar-refractivity contribution >= 4 is 15.9 Å². The Bertz CT molecular complexity index is 427. The van der Waals surface area contributed by atoms with Crippen LogP contribution in [-0.4, -0.2) is 6.54 Å². The summed E-state index contributed by atoms with van der Waals surface area (Å²) in [6.07, 6.45) is 6.28. The van der Waals surface area contributed by atoms with E-state index in [4.69, 9.17) is 0 Å². The van der Waals surface area contributed by atoms with Crippen molar-refractivity contribution in [3.05, 3.63) is 34.1 Å². The number of nitrogens with one attached hydrogen (secondary N) is 1. The molecule has 1 aromatic carbocycles. The third-order valence-corrected chi connectivity index (χ3v) is 5.29. The van der Waals surface area contributed by atoms with Crippen molar-refractivity contribution in [2.45, 2.75) is 52.0 Å². The SMILES string of the molecule is CCNC(c1cccc(Br)c1F)C1CCC(CC)CC1. The first kappa shape index (κ1) is 16.0. The van der Waals surface area contributed by atoms with Crippen LogP contribution in [0.4, 0.5) is 4.39 Å². The lowest BCUT2D eigenvalue weighted by Gasteiger charge is -2.34. The summed E-state index contributed by atoms with van der Waals surface area (Å²) < 4.78 is 15.0. The second kappa shape index (κ2) is 7.56. The molecule has 1 unspecified atom stereocenters. The molecule has 20 heavy (non-hydrogen) atoms. The molecule has 3 heteroatoms. The third-order valence-electron chi connectivity index (χ3n) is 4.68. The van der Waals surface area contributed by atoms with Gasteiger partial charge >= 0.3 is 0 Å². The Morgan fingerprint density at radius 1 is 1.25 bits per heavy atom. The van der Waals surface area contributed by atoms with Crippen LogP contribution in [0, 0.1) is 17.7 Å². The zero-order valence-electron chi connectivity index (χ0n) is 12.5. The van der Waals surface area contributed by atoms with Gasteiger partial charge in [0, 0.05) is 11.6 Å². The number of hydrogen-bond acceptors (Lipinski definition) is 1. The first-order chi connectivity index (χ1) is 9.67. The molecule has 1 N–H and O–H groups in total. The van der Waals surface area contributed by atoms with Crippen molar-refractivity contribution < 1.29 is 4.39 Å². The Kier molecular flexibility index (Phi) is 6.03. The molecule has 0 amide bonds. The molecule has 0 aliphatic heterocycles. The van der Waals surface area contributed by atoms with E-state index in [0.29, 0.717) is 10.4 Å². The molecule has 1 aliphatic carbocycles. The second-order valence-electron chi connectivity index (χ2n) is 5.87. The highest BCUT2D eigenvalue weighted by molar-refractivity contribution is 9.10. The summed E-state index contributed by atoms with van der Waals surface area (Å²) in [7, 11) is 0. The van der Waals surface area contributed by atoms with Gasteiger partial charge in [-0.2, -0.15) is 0 Å². The van der Waals surface area contributed by atoms with E-state index in [2.05, 4.69) is 35.1 Å². The summed E-state index contributed by atoms with van der Waals surface area (Å²) in [6.45, 7) is 5.26. The number of benzene rings is 1.